The lowest BCUT2D eigenvalue weighted by Crippen LogP contribution is -2.52. The van der Waals surface area contributed by atoms with E-state index in [0.29, 0.717) is 11.4 Å². The number of hydrogen-bond donors (Lipinski definition) is 0. The molecule has 0 saturated heterocycles. The van der Waals surface area contributed by atoms with Crippen molar-refractivity contribution in [3.05, 3.63) is 59.1 Å². The van der Waals surface area contributed by atoms with Crippen molar-refractivity contribution in [2.75, 3.05) is 7.05 Å². The molecule has 1 saturated carbocycles. The number of hydrogen-bond acceptors (Lipinski definition) is 3. The minimum absolute atomic E-state index is 0.0685. The number of rotatable bonds is 5. The van der Waals surface area contributed by atoms with Crippen LogP contribution in [0.2, 0.25) is 5.02 Å². The average Bonchev–Trinajstić information content (AvgIpc) is 2.55. The predicted octanol–water partition coefficient (Wildman–Crippen LogP) is 3.64. The molecule has 1 heterocycles. The molecule has 1 aliphatic rings. The van der Waals surface area contributed by atoms with Crippen molar-refractivity contribution in [3.63, 3.8) is 0 Å². The van der Waals surface area contributed by atoms with E-state index in [1.54, 1.807) is 18.6 Å². The molecular formula is C19H22ClN3O. The Hall–Kier alpha value is -1.94. The number of likely N-dealkylation sites (N-methyl/N-ethyl adjacent to an activating group) is 1. The number of carbonyl (C=O) groups excluding carboxylic acids is 1. The lowest BCUT2D eigenvalue weighted by atomic mass is 9.63. The number of carbonyl (C=O) groups is 1. The number of benzene rings is 1. The summed E-state index contributed by atoms with van der Waals surface area (Å²) in [4.78, 5) is 23.5. The molecule has 0 bridgehead atoms. The van der Waals surface area contributed by atoms with E-state index in [9.17, 15) is 4.79 Å². The van der Waals surface area contributed by atoms with Gasteiger partial charge >= 0.3 is 0 Å². The molecule has 4 nitrogen and oxygen atoms in total. The summed E-state index contributed by atoms with van der Waals surface area (Å²) in [6.45, 7) is 2.06. The van der Waals surface area contributed by atoms with Crippen molar-refractivity contribution >= 4 is 17.5 Å². The van der Waals surface area contributed by atoms with Gasteiger partial charge in [-0.05, 0) is 37.5 Å². The lowest BCUT2D eigenvalue weighted by Gasteiger charge is -2.44. The summed E-state index contributed by atoms with van der Waals surface area (Å²) in [6, 6.07) is 7.78. The Kier molecular flexibility index (Phi) is 4.86. The highest BCUT2D eigenvalue weighted by Crippen LogP contribution is 2.45. The number of amides is 1. The maximum absolute atomic E-state index is 13.2. The molecule has 126 valence electrons. The van der Waals surface area contributed by atoms with Crippen LogP contribution in [0.25, 0.3) is 0 Å². The molecule has 1 amide bonds. The first-order chi connectivity index (χ1) is 11.5. The smallest absolute Gasteiger partial charge is 0.233 e. The maximum atomic E-state index is 13.2. The maximum Gasteiger partial charge on any atom is 0.233 e. The molecule has 0 radical (unpaired) electrons. The molecule has 0 aliphatic heterocycles. The normalized spacial score (nSPS) is 17.0. The van der Waals surface area contributed by atoms with Crippen molar-refractivity contribution < 1.29 is 4.79 Å². The third-order valence-corrected chi connectivity index (χ3v) is 5.37. The van der Waals surface area contributed by atoms with Gasteiger partial charge in [0.1, 0.15) is 0 Å². The zero-order valence-corrected chi connectivity index (χ0v) is 14.8. The van der Waals surface area contributed by atoms with Crippen LogP contribution >= 0.6 is 11.6 Å². The molecule has 2 aromatic rings. The monoisotopic (exact) mass is 343 g/mol. The first-order valence-corrected chi connectivity index (χ1v) is 8.69. The first kappa shape index (κ1) is 16.9. The second-order valence-corrected chi connectivity index (χ2v) is 7.04. The van der Waals surface area contributed by atoms with Gasteiger partial charge in [-0.1, -0.05) is 30.2 Å². The number of nitrogens with zero attached hydrogens (tertiary/aromatic N) is 3. The van der Waals surface area contributed by atoms with Crippen LogP contribution in [0.4, 0.5) is 0 Å². The molecule has 0 spiro atoms. The number of aromatic nitrogens is 2. The first-order valence-electron chi connectivity index (χ1n) is 8.31. The van der Waals surface area contributed by atoms with Crippen molar-refractivity contribution in [3.8, 4) is 0 Å². The van der Waals surface area contributed by atoms with E-state index in [-0.39, 0.29) is 11.9 Å². The summed E-state index contributed by atoms with van der Waals surface area (Å²) in [5.74, 6) is 0.187. The van der Waals surface area contributed by atoms with Gasteiger partial charge in [0.2, 0.25) is 5.91 Å². The van der Waals surface area contributed by atoms with Crippen LogP contribution in [0.1, 0.15) is 37.4 Å². The fraction of sp³-hybridized carbons (Fsp3) is 0.421. The molecule has 1 atom stereocenters. The second-order valence-electron chi connectivity index (χ2n) is 6.61. The Morgan fingerprint density at radius 1 is 1.29 bits per heavy atom. The molecular weight excluding hydrogens is 322 g/mol. The fourth-order valence-electron chi connectivity index (χ4n) is 3.34. The lowest BCUT2D eigenvalue weighted by molar-refractivity contribution is -0.141. The predicted molar refractivity (Wildman–Crippen MR) is 94.9 cm³/mol. The summed E-state index contributed by atoms with van der Waals surface area (Å²) in [7, 11) is 1.89. The van der Waals surface area contributed by atoms with Gasteiger partial charge in [0.15, 0.2) is 0 Å². The largest absolute Gasteiger partial charge is 0.342 e. The van der Waals surface area contributed by atoms with E-state index in [0.717, 1.165) is 30.5 Å². The van der Waals surface area contributed by atoms with Crippen LogP contribution < -0.4 is 0 Å². The van der Waals surface area contributed by atoms with Crippen LogP contribution in [0.15, 0.2) is 42.9 Å². The van der Waals surface area contributed by atoms with Gasteiger partial charge in [0, 0.05) is 43.1 Å². The summed E-state index contributed by atoms with van der Waals surface area (Å²) >= 11 is 6.00. The topological polar surface area (TPSA) is 46.1 Å². The second kappa shape index (κ2) is 6.89. The van der Waals surface area contributed by atoms with E-state index < -0.39 is 5.41 Å². The SMILES string of the molecule is C[C@@H](Cc1cnccn1)N(C)C(=O)C1(c2ccc(Cl)cc2)CCC1. The molecule has 0 unspecified atom stereocenters. The Balaban J connectivity index is 1.77. The third kappa shape index (κ3) is 3.16. The molecule has 5 heteroatoms. The summed E-state index contributed by atoms with van der Waals surface area (Å²) in [5, 5.41) is 0.699. The standard InChI is InChI=1S/C19H22ClN3O/c1-14(12-17-13-21-10-11-22-17)23(2)18(24)19(8-3-9-19)15-4-6-16(20)7-5-15/h4-7,10-11,13-14H,3,8-9,12H2,1-2H3/t14-/m0/s1. The molecule has 1 aliphatic carbocycles. The van der Waals surface area contributed by atoms with E-state index in [4.69, 9.17) is 11.6 Å². The highest BCUT2D eigenvalue weighted by Gasteiger charge is 2.47. The van der Waals surface area contributed by atoms with Gasteiger partial charge in [-0.2, -0.15) is 0 Å². The van der Waals surface area contributed by atoms with Gasteiger partial charge < -0.3 is 4.90 Å². The average molecular weight is 344 g/mol. The van der Waals surface area contributed by atoms with Crippen LogP contribution in [0.3, 0.4) is 0 Å². The highest BCUT2D eigenvalue weighted by molar-refractivity contribution is 6.30. The molecule has 1 fully saturated rings. The van der Waals surface area contributed by atoms with Crippen molar-refractivity contribution in [1.82, 2.24) is 14.9 Å². The minimum atomic E-state index is -0.393. The Labute approximate surface area is 147 Å². The quantitative estimate of drug-likeness (QED) is 0.832. The van der Waals surface area contributed by atoms with E-state index in [1.807, 2.05) is 36.2 Å². The minimum Gasteiger partial charge on any atom is -0.342 e. The van der Waals surface area contributed by atoms with Gasteiger partial charge in [0.05, 0.1) is 11.1 Å². The molecule has 0 N–H and O–H groups in total. The molecule has 24 heavy (non-hydrogen) atoms. The van der Waals surface area contributed by atoms with E-state index in [1.165, 1.54) is 0 Å². The van der Waals surface area contributed by atoms with Crippen LogP contribution in [-0.4, -0.2) is 33.9 Å². The Morgan fingerprint density at radius 3 is 2.54 bits per heavy atom. The highest BCUT2D eigenvalue weighted by atomic mass is 35.5. The van der Waals surface area contributed by atoms with Gasteiger partial charge in [-0.25, -0.2) is 0 Å². The van der Waals surface area contributed by atoms with Crippen molar-refractivity contribution in [1.29, 1.82) is 0 Å². The van der Waals surface area contributed by atoms with E-state index in [2.05, 4.69) is 16.9 Å². The Morgan fingerprint density at radius 2 is 2.00 bits per heavy atom. The van der Waals surface area contributed by atoms with Gasteiger partial charge in [-0.3, -0.25) is 14.8 Å². The summed E-state index contributed by atoms with van der Waals surface area (Å²) in [5.41, 5.74) is 1.58. The third-order valence-electron chi connectivity index (χ3n) is 5.12. The zero-order valence-electron chi connectivity index (χ0n) is 14.1. The van der Waals surface area contributed by atoms with E-state index >= 15 is 0 Å². The van der Waals surface area contributed by atoms with Gasteiger partial charge in [-0.15, -0.1) is 0 Å². The molecule has 1 aromatic heterocycles. The van der Waals surface area contributed by atoms with Crippen LogP contribution in [0, 0.1) is 0 Å². The van der Waals surface area contributed by atoms with Crippen LogP contribution in [-0.2, 0) is 16.6 Å². The van der Waals surface area contributed by atoms with Gasteiger partial charge in [0.25, 0.3) is 0 Å². The summed E-state index contributed by atoms with van der Waals surface area (Å²) < 4.78 is 0. The van der Waals surface area contributed by atoms with Crippen LogP contribution in [0.5, 0.6) is 0 Å². The molecule has 1 aromatic carbocycles. The van der Waals surface area contributed by atoms with Crippen molar-refractivity contribution in [2.45, 2.75) is 44.1 Å². The summed E-state index contributed by atoms with van der Waals surface area (Å²) in [6.07, 6.45) is 8.68. The number of halogens is 1. The van der Waals surface area contributed by atoms with Crippen molar-refractivity contribution in [2.24, 2.45) is 0 Å². The zero-order chi connectivity index (χ0) is 17.2. The fourth-order valence-corrected chi connectivity index (χ4v) is 3.46. The molecule has 3 rings (SSSR count). The Bertz CT molecular complexity index is 698.